The molecule has 5 heteroatoms. The molecule has 2 aromatic heterocycles. The minimum absolute atomic E-state index is 0.102. The standard InChI is InChI=1S/C14H15N3O2/c1-9-15-11-4-3-10(7-13(11)19-9)12-8-17(2)14(16-12)5-6-18/h3-4,7-8,18H,5-6H2,1-2H3. The summed E-state index contributed by atoms with van der Waals surface area (Å²) < 4.78 is 7.46. The molecule has 0 aliphatic rings. The van der Waals surface area contributed by atoms with Crippen LogP contribution >= 0.6 is 0 Å². The molecular weight excluding hydrogens is 242 g/mol. The van der Waals surface area contributed by atoms with Crippen LogP contribution in [0.3, 0.4) is 0 Å². The van der Waals surface area contributed by atoms with Gasteiger partial charge in [0.15, 0.2) is 11.5 Å². The lowest BCUT2D eigenvalue weighted by Gasteiger charge is -1.95. The molecule has 0 spiro atoms. The highest BCUT2D eigenvalue weighted by molar-refractivity contribution is 5.79. The van der Waals surface area contributed by atoms with Gasteiger partial charge in [-0.2, -0.15) is 0 Å². The average molecular weight is 257 g/mol. The van der Waals surface area contributed by atoms with Gasteiger partial charge in [0.2, 0.25) is 0 Å². The predicted molar refractivity (Wildman–Crippen MR) is 71.7 cm³/mol. The zero-order valence-electron chi connectivity index (χ0n) is 10.9. The van der Waals surface area contributed by atoms with Gasteiger partial charge in [-0.25, -0.2) is 9.97 Å². The third-order valence-corrected chi connectivity index (χ3v) is 3.10. The minimum Gasteiger partial charge on any atom is -0.441 e. The van der Waals surface area contributed by atoms with Gasteiger partial charge >= 0.3 is 0 Å². The number of hydrogen-bond acceptors (Lipinski definition) is 4. The molecule has 0 saturated heterocycles. The first-order valence-corrected chi connectivity index (χ1v) is 6.18. The summed E-state index contributed by atoms with van der Waals surface area (Å²) in [7, 11) is 1.93. The van der Waals surface area contributed by atoms with Crippen LogP contribution in [0.15, 0.2) is 28.8 Å². The van der Waals surface area contributed by atoms with Crippen molar-refractivity contribution in [2.24, 2.45) is 7.05 Å². The van der Waals surface area contributed by atoms with Gasteiger partial charge in [-0.05, 0) is 12.1 Å². The van der Waals surface area contributed by atoms with Crippen LogP contribution in [-0.4, -0.2) is 26.2 Å². The third-order valence-electron chi connectivity index (χ3n) is 3.10. The van der Waals surface area contributed by atoms with E-state index in [2.05, 4.69) is 9.97 Å². The van der Waals surface area contributed by atoms with Crippen molar-refractivity contribution in [1.82, 2.24) is 14.5 Å². The van der Waals surface area contributed by atoms with Crippen molar-refractivity contribution in [1.29, 1.82) is 0 Å². The maximum Gasteiger partial charge on any atom is 0.192 e. The first-order valence-electron chi connectivity index (χ1n) is 6.18. The summed E-state index contributed by atoms with van der Waals surface area (Å²) in [5, 5.41) is 8.99. The normalized spacial score (nSPS) is 11.3. The predicted octanol–water partition coefficient (Wildman–Crippen LogP) is 2.07. The number of benzene rings is 1. The van der Waals surface area contributed by atoms with Gasteiger partial charge in [-0.15, -0.1) is 0 Å². The number of hydrogen-bond donors (Lipinski definition) is 1. The molecule has 3 aromatic rings. The number of aliphatic hydroxyl groups is 1. The Labute approximate surface area is 110 Å². The summed E-state index contributed by atoms with van der Waals surface area (Å²) in [4.78, 5) is 8.80. The monoisotopic (exact) mass is 257 g/mol. The molecule has 19 heavy (non-hydrogen) atoms. The maximum atomic E-state index is 8.99. The van der Waals surface area contributed by atoms with Crippen molar-refractivity contribution >= 4 is 11.1 Å². The van der Waals surface area contributed by atoms with E-state index in [9.17, 15) is 0 Å². The molecule has 0 atom stereocenters. The summed E-state index contributed by atoms with van der Waals surface area (Å²) in [6.07, 6.45) is 2.51. The smallest absolute Gasteiger partial charge is 0.192 e. The summed E-state index contributed by atoms with van der Waals surface area (Å²) in [6, 6.07) is 5.86. The van der Waals surface area contributed by atoms with E-state index in [4.69, 9.17) is 9.52 Å². The Bertz CT molecular complexity index is 727. The van der Waals surface area contributed by atoms with E-state index in [-0.39, 0.29) is 6.61 Å². The Balaban J connectivity index is 2.05. The van der Waals surface area contributed by atoms with Gasteiger partial charge in [0.25, 0.3) is 0 Å². The van der Waals surface area contributed by atoms with Crippen LogP contribution in [0.2, 0.25) is 0 Å². The lowest BCUT2D eigenvalue weighted by Crippen LogP contribution is -1.99. The summed E-state index contributed by atoms with van der Waals surface area (Å²) >= 11 is 0. The van der Waals surface area contributed by atoms with Crippen LogP contribution in [0.25, 0.3) is 22.4 Å². The summed E-state index contributed by atoms with van der Waals surface area (Å²) in [5.41, 5.74) is 3.49. The first kappa shape index (κ1) is 11.9. The van der Waals surface area contributed by atoms with E-state index in [0.717, 1.165) is 28.2 Å². The summed E-state index contributed by atoms with van der Waals surface area (Å²) in [5.74, 6) is 1.53. The number of aliphatic hydroxyl groups excluding tert-OH is 1. The van der Waals surface area contributed by atoms with E-state index in [1.165, 1.54) is 0 Å². The Morgan fingerprint density at radius 1 is 1.32 bits per heavy atom. The average Bonchev–Trinajstić information content (AvgIpc) is 2.91. The van der Waals surface area contributed by atoms with E-state index in [1.807, 2.05) is 42.9 Å². The Morgan fingerprint density at radius 3 is 2.95 bits per heavy atom. The van der Waals surface area contributed by atoms with Gasteiger partial charge in [-0.3, -0.25) is 0 Å². The van der Waals surface area contributed by atoms with Crippen LogP contribution in [0.4, 0.5) is 0 Å². The molecule has 98 valence electrons. The molecule has 2 heterocycles. The highest BCUT2D eigenvalue weighted by Crippen LogP contribution is 2.24. The molecular formula is C14H15N3O2. The van der Waals surface area contributed by atoms with Crippen molar-refractivity contribution in [3.8, 4) is 11.3 Å². The number of nitrogens with zero attached hydrogens (tertiary/aromatic N) is 3. The lowest BCUT2D eigenvalue weighted by molar-refractivity contribution is 0.295. The molecule has 0 aliphatic carbocycles. The molecule has 0 aliphatic heterocycles. The second-order valence-corrected chi connectivity index (χ2v) is 4.54. The molecule has 0 radical (unpaired) electrons. The quantitative estimate of drug-likeness (QED) is 0.780. The molecule has 3 rings (SSSR count). The van der Waals surface area contributed by atoms with Crippen LogP contribution in [0, 0.1) is 6.92 Å². The number of imidazole rings is 1. The fraction of sp³-hybridized carbons (Fsp3) is 0.286. The van der Waals surface area contributed by atoms with Crippen molar-refractivity contribution < 1.29 is 9.52 Å². The lowest BCUT2D eigenvalue weighted by atomic mass is 10.1. The Hall–Kier alpha value is -2.14. The van der Waals surface area contributed by atoms with E-state index in [1.54, 1.807) is 0 Å². The number of oxazole rings is 1. The van der Waals surface area contributed by atoms with Crippen molar-refractivity contribution in [3.05, 3.63) is 36.1 Å². The fourth-order valence-corrected chi connectivity index (χ4v) is 2.18. The van der Waals surface area contributed by atoms with E-state index in [0.29, 0.717) is 12.3 Å². The van der Waals surface area contributed by atoms with Crippen LogP contribution in [0.1, 0.15) is 11.7 Å². The number of fused-ring (bicyclic) bond motifs is 1. The molecule has 0 fully saturated rings. The minimum atomic E-state index is 0.102. The van der Waals surface area contributed by atoms with Crippen molar-refractivity contribution in [3.63, 3.8) is 0 Å². The molecule has 1 aromatic carbocycles. The topological polar surface area (TPSA) is 64.1 Å². The SMILES string of the molecule is Cc1nc2ccc(-c3cn(C)c(CCO)n3)cc2o1. The zero-order valence-corrected chi connectivity index (χ0v) is 10.9. The molecule has 0 unspecified atom stereocenters. The highest BCUT2D eigenvalue weighted by atomic mass is 16.3. The molecule has 5 nitrogen and oxygen atoms in total. The molecule has 0 saturated carbocycles. The Kier molecular flexibility index (Phi) is 2.83. The number of aromatic nitrogens is 3. The molecule has 0 amide bonds. The summed E-state index contributed by atoms with van der Waals surface area (Å²) in [6.45, 7) is 1.93. The van der Waals surface area contributed by atoms with Gasteiger partial charge in [-0.1, -0.05) is 6.07 Å². The van der Waals surface area contributed by atoms with Gasteiger partial charge in [0.1, 0.15) is 11.3 Å². The van der Waals surface area contributed by atoms with Gasteiger partial charge in [0, 0.05) is 32.2 Å². The van der Waals surface area contributed by atoms with Gasteiger partial charge < -0.3 is 14.1 Å². The fourth-order valence-electron chi connectivity index (χ4n) is 2.18. The van der Waals surface area contributed by atoms with Crippen LogP contribution < -0.4 is 0 Å². The van der Waals surface area contributed by atoms with Gasteiger partial charge in [0.05, 0.1) is 12.3 Å². The second-order valence-electron chi connectivity index (χ2n) is 4.54. The first-order chi connectivity index (χ1) is 9.17. The van der Waals surface area contributed by atoms with Crippen LogP contribution in [-0.2, 0) is 13.5 Å². The molecule has 1 N–H and O–H groups in total. The van der Waals surface area contributed by atoms with E-state index >= 15 is 0 Å². The second kappa shape index (κ2) is 4.51. The number of aryl methyl sites for hydroxylation is 2. The maximum absolute atomic E-state index is 8.99. The van der Waals surface area contributed by atoms with E-state index < -0.39 is 0 Å². The van der Waals surface area contributed by atoms with Crippen LogP contribution in [0.5, 0.6) is 0 Å². The Morgan fingerprint density at radius 2 is 2.16 bits per heavy atom. The highest BCUT2D eigenvalue weighted by Gasteiger charge is 2.09. The molecule has 0 bridgehead atoms. The van der Waals surface area contributed by atoms with Crippen molar-refractivity contribution in [2.75, 3.05) is 6.61 Å². The largest absolute Gasteiger partial charge is 0.441 e. The number of rotatable bonds is 3. The van der Waals surface area contributed by atoms with Crippen molar-refractivity contribution in [2.45, 2.75) is 13.3 Å². The third kappa shape index (κ3) is 2.13. The zero-order chi connectivity index (χ0) is 13.4.